The molecule has 0 radical (unpaired) electrons. The van der Waals surface area contributed by atoms with E-state index in [0.29, 0.717) is 5.69 Å². The van der Waals surface area contributed by atoms with Crippen LogP contribution in [0.4, 0.5) is 11.5 Å². The van der Waals surface area contributed by atoms with Crippen molar-refractivity contribution >= 4 is 11.5 Å². The van der Waals surface area contributed by atoms with Crippen LogP contribution >= 0.6 is 0 Å². The third-order valence-corrected chi connectivity index (χ3v) is 3.17. The summed E-state index contributed by atoms with van der Waals surface area (Å²) in [6.45, 7) is 4.61. The molecule has 5 nitrogen and oxygen atoms in total. The first-order valence-corrected chi connectivity index (χ1v) is 6.42. The molecule has 19 heavy (non-hydrogen) atoms. The normalized spacial score (nSPS) is 12.4. The van der Waals surface area contributed by atoms with Crippen LogP contribution in [0.3, 0.4) is 0 Å². The largest absolute Gasteiger partial charge is 0.394 e. The second-order valence-corrected chi connectivity index (χ2v) is 4.45. The fourth-order valence-electron chi connectivity index (χ4n) is 2.06. The molecule has 0 bridgehead atoms. The van der Waals surface area contributed by atoms with E-state index in [1.54, 1.807) is 0 Å². The Morgan fingerprint density at radius 2 is 2.05 bits per heavy atom. The summed E-state index contributed by atoms with van der Waals surface area (Å²) in [5.41, 5.74) is 8.49. The van der Waals surface area contributed by atoms with E-state index >= 15 is 0 Å². The maximum absolute atomic E-state index is 9.57. The Morgan fingerprint density at radius 3 is 2.63 bits per heavy atom. The molecule has 1 heterocycles. The smallest absolute Gasteiger partial charge is 0.148 e. The molecule has 0 aliphatic heterocycles. The number of nitrogens with zero attached hydrogens (tertiary/aromatic N) is 2. The lowest BCUT2D eigenvalue weighted by Gasteiger charge is -2.19. The van der Waals surface area contributed by atoms with Gasteiger partial charge in [0.1, 0.15) is 5.82 Å². The van der Waals surface area contributed by atoms with Gasteiger partial charge in [0.2, 0.25) is 0 Å². The maximum Gasteiger partial charge on any atom is 0.148 e. The van der Waals surface area contributed by atoms with Crippen LogP contribution in [0.5, 0.6) is 0 Å². The minimum atomic E-state index is -0.190. The van der Waals surface area contributed by atoms with Crippen molar-refractivity contribution in [3.8, 4) is 0 Å². The second-order valence-electron chi connectivity index (χ2n) is 4.45. The third-order valence-electron chi connectivity index (χ3n) is 3.17. The number of aromatic nitrogens is 2. The summed E-state index contributed by atoms with van der Waals surface area (Å²) in [5, 5.41) is 17.2. The van der Waals surface area contributed by atoms with Crippen molar-refractivity contribution in [2.45, 2.75) is 26.4 Å². The molecular formula is C14H20N4O. The number of aryl methyl sites for hydroxylation is 2. The van der Waals surface area contributed by atoms with E-state index in [0.717, 1.165) is 23.6 Å². The fourth-order valence-corrected chi connectivity index (χ4v) is 2.06. The summed E-state index contributed by atoms with van der Waals surface area (Å²) in [6.07, 6.45) is 0. The van der Waals surface area contributed by atoms with Crippen LogP contribution in [0.25, 0.3) is 0 Å². The van der Waals surface area contributed by atoms with Gasteiger partial charge in [-0.25, -0.2) is 4.68 Å². The highest BCUT2D eigenvalue weighted by atomic mass is 16.3. The van der Waals surface area contributed by atoms with Crippen LogP contribution in [0, 0.1) is 6.92 Å². The molecule has 0 saturated heterocycles. The number of benzene rings is 1. The van der Waals surface area contributed by atoms with Crippen LogP contribution in [0.1, 0.15) is 24.2 Å². The van der Waals surface area contributed by atoms with Gasteiger partial charge in [0.05, 0.1) is 24.0 Å². The van der Waals surface area contributed by atoms with Crippen molar-refractivity contribution in [1.29, 1.82) is 0 Å². The van der Waals surface area contributed by atoms with Crippen molar-refractivity contribution in [3.63, 3.8) is 0 Å². The highest BCUT2D eigenvalue weighted by molar-refractivity contribution is 5.65. The van der Waals surface area contributed by atoms with Gasteiger partial charge in [0.25, 0.3) is 0 Å². The molecule has 0 saturated carbocycles. The molecule has 102 valence electrons. The van der Waals surface area contributed by atoms with Crippen LogP contribution in [-0.2, 0) is 6.54 Å². The average Bonchev–Trinajstić information content (AvgIpc) is 2.72. The standard InChI is InChI=1S/C14H20N4O/c1-3-18-14(13(15)10(2)17-18)16-12(9-19)11-7-5-4-6-8-11/h4-8,12,16,19H,3,9,15H2,1-2H3. The molecular weight excluding hydrogens is 240 g/mol. The number of hydrogen-bond donors (Lipinski definition) is 3. The van der Waals surface area contributed by atoms with Gasteiger partial charge in [-0.3, -0.25) is 0 Å². The van der Waals surface area contributed by atoms with Gasteiger partial charge >= 0.3 is 0 Å². The van der Waals surface area contributed by atoms with Gasteiger partial charge in [-0.2, -0.15) is 5.10 Å². The number of hydrogen-bond acceptors (Lipinski definition) is 4. The summed E-state index contributed by atoms with van der Waals surface area (Å²) in [7, 11) is 0. The van der Waals surface area contributed by atoms with Crippen LogP contribution in [0.15, 0.2) is 30.3 Å². The van der Waals surface area contributed by atoms with E-state index in [9.17, 15) is 5.11 Å². The molecule has 1 aromatic carbocycles. The summed E-state index contributed by atoms with van der Waals surface area (Å²) < 4.78 is 1.82. The third kappa shape index (κ3) is 2.71. The zero-order valence-electron chi connectivity index (χ0n) is 11.3. The minimum absolute atomic E-state index is 0.00258. The van der Waals surface area contributed by atoms with Gasteiger partial charge in [0.15, 0.2) is 0 Å². The Kier molecular flexibility index (Phi) is 4.06. The van der Waals surface area contributed by atoms with E-state index in [2.05, 4.69) is 10.4 Å². The number of nitrogen functional groups attached to an aromatic ring is 1. The lowest BCUT2D eigenvalue weighted by atomic mass is 10.1. The van der Waals surface area contributed by atoms with Gasteiger partial charge in [-0.1, -0.05) is 30.3 Å². The van der Waals surface area contributed by atoms with Crippen molar-refractivity contribution in [1.82, 2.24) is 9.78 Å². The lowest BCUT2D eigenvalue weighted by molar-refractivity contribution is 0.276. The molecule has 0 spiro atoms. The van der Waals surface area contributed by atoms with Crippen molar-refractivity contribution < 1.29 is 5.11 Å². The predicted molar refractivity (Wildman–Crippen MR) is 76.9 cm³/mol. The molecule has 2 aromatic rings. The first-order valence-electron chi connectivity index (χ1n) is 6.42. The highest BCUT2D eigenvalue weighted by Gasteiger charge is 2.16. The van der Waals surface area contributed by atoms with E-state index in [1.807, 2.05) is 48.9 Å². The molecule has 1 unspecified atom stereocenters. The average molecular weight is 260 g/mol. The number of aliphatic hydroxyl groups excluding tert-OH is 1. The monoisotopic (exact) mass is 260 g/mol. The number of nitrogens with two attached hydrogens (primary N) is 1. The first-order chi connectivity index (χ1) is 9.17. The van der Waals surface area contributed by atoms with E-state index in [1.165, 1.54) is 0 Å². The van der Waals surface area contributed by atoms with Crippen molar-refractivity contribution in [2.24, 2.45) is 0 Å². The van der Waals surface area contributed by atoms with Gasteiger partial charge in [-0.05, 0) is 19.4 Å². The SMILES string of the molecule is CCn1nc(C)c(N)c1NC(CO)c1ccccc1. The quantitative estimate of drug-likeness (QED) is 0.768. The summed E-state index contributed by atoms with van der Waals surface area (Å²) in [6, 6.07) is 9.61. The Balaban J connectivity index is 2.29. The zero-order chi connectivity index (χ0) is 13.8. The van der Waals surface area contributed by atoms with Crippen molar-refractivity contribution in [3.05, 3.63) is 41.6 Å². The maximum atomic E-state index is 9.57. The number of aliphatic hydroxyl groups is 1. The Labute approximate surface area is 113 Å². The van der Waals surface area contributed by atoms with Gasteiger partial charge < -0.3 is 16.2 Å². The van der Waals surface area contributed by atoms with Gasteiger partial charge in [-0.15, -0.1) is 0 Å². The van der Waals surface area contributed by atoms with E-state index in [-0.39, 0.29) is 12.6 Å². The topological polar surface area (TPSA) is 76.1 Å². The Hall–Kier alpha value is -2.01. The number of nitrogens with one attached hydrogen (secondary N) is 1. The van der Waals surface area contributed by atoms with Crippen LogP contribution < -0.4 is 11.1 Å². The molecule has 0 fully saturated rings. The minimum Gasteiger partial charge on any atom is -0.394 e. The van der Waals surface area contributed by atoms with Crippen LogP contribution in [0.2, 0.25) is 0 Å². The molecule has 1 aromatic heterocycles. The Bertz CT molecular complexity index is 536. The molecule has 4 N–H and O–H groups in total. The van der Waals surface area contributed by atoms with Crippen LogP contribution in [-0.4, -0.2) is 21.5 Å². The summed E-state index contributed by atoms with van der Waals surface area (Å²) in [5.74, 6) is 0.767. The first kappa shape index (κ1) is 13.4. The molecule has 0 aliphatic rings. The molecule has 0 amide bonds. The predicted octanol–water partition coefficient (Wildman–Crippen LogP) is 1.94. The highest BCUT2D eigenvalue weighted by Crippen LogP contribution is 2.26. The van der Waals surface area contributed by atoms with Crippen molar-refractivity contribution in [2.75, 3.05) is 17.7 Å². The van der Waals surface area contributed by atoms with E-state index < -0.39 is 0 Å². The number of anilines is 2. The number of rotatable bonds is 5. The fraction of sp³-hybridized carbons (Fsp3) is 0.357. The zero-order valence-corrected chi connectivity index (χ0v) is 11.3. The van der Waals surface area contributed by atoms with Gasteiger partial charge in [0, 0.05) is 6.54 Å². The Morgan fingerprint density at radius 1 is 1.37 bits per heavy atom. The summed E-state index contributed by atoms with van der Waals surface area (Å²) >= 11 is 0. The second kappa shape index (κ2) is 5.75. The lowest BCUT2D eigenvalue weighted by Crippen LogP contribution is -2.18. The molecule has 0 aliphatic carbocycles. The van der Waals surface area contributed by atoms with E-state index in [4.69, 9.17) is 5.73 Å². The molecule has 1 atom stereocenters. The molecule has 5 heteroatoms. The molecule has 2 rings (SSSR count). The summed E-state index contributed by atoms with van der Waals surface area (Å²) in [4.78, 5) is 0.